The predicted octanol–water partition coefficient (Wildman–Crippen LogP) is 2.83. The Kier molecular flexibility index (Phi) is 5.34. The topological polar surface area (TPSA) is 62.2 Å². The summed E-state index contributed by atoms with van der Waals surface area (Å²) in [5.74, 6) is -0.768. The number of rotatable bonds is 6. The summed E-state index contributed by atoms with van der Waals surface area (Å²) >= 11 is 1.74. The normalized spacial score (nSPS) is 23.4. The van der Waals surface area contributed by atoms with Gasteiger partial charge in [-0.2, -0.15) is 0 Å². The van der Waals surface area contributed by atoms with Gasteiger partial charge >= 0.3 is 5.97 Å². The molecule has 1 aromatic heterocycles. The second-order valence-corrected chi connectivity index (χ2v) is 6.19. The number of aliphatic carboxylic acids is 1. The smallest absolute Gasteiger partial charge is 0.306 e. The summed E-state index contributed by atoms with van der Waals surface area (Å²) in [7, 11) is 0. The van der Waals surface area contributed by atoms with Crippen LogP contribution in [0.25, 0.3) is 0 Å². The zero-order valence-corrected chi connectivity index (χ0v) is 12.2. The lowest BCUT2D eigenvalue weighted by molar-refractivity contribution is -0.142. The highest BCUT2D eigenvalue weighted by Gasteiger charge is 2.25. The molecule has 1 fully saturated rings. The van der Waals surface area contributed by atoms with E-state index in [1.165, 1.54) is 5.01 Å². The van der Waals surface area contributed by atoms with Gasteiger partial charge in [-0.05, 0) is 38.5 Å². The van der Waals surface area contributed by atoms with Crippen molar-refractivity contribution in [2.24, 2.45) is 5.92 Å². The van der Waals surface area contributed by atoms with Gasteiger partial charge in [-0.25, -0.2) is 4.98 Å². The van der Waals surface area contributed by atoms with Crippen molar-refractivity contribution in [1.82, 2.24) is 10.3 Å². The molecule has 106 valence electrons. The standard InChI is InChI=1S/C14H22N2O2S/c1-2-3-13-16-12(9-19-13)8-15-11-6-4-10(5-7-11)14(17)18/h9-11,15H,2-8H2,1H3,(H,17,18). The van der Waals surface area contributed by atoms with Crippen molar-refractivity contribution in [1.29, 1.82) is 0 Å². The number of carboxylic acid groups (broad SMARTS) is 1. The van der Waals surface area contributed by atoms with E-state index in [0.717, 1.165) is 50.8 Å². The number of nitrogens with zero attached hydrogens (tertiary/aromatic N) is 1. The molecule has 1 saturated carbocycles. The molecule has 1 aromatic rings. The Bertz CT molecular complexity index is 411. The van der Waals surface area contributed by atoms with E-state index in [1.807, 2.05) is 0 Å². The molecule has 0 unspecified atom stereocenters. The Morgan fingerprint density at radius 1 is 1.47 bits per heavy atom. The number of hydrogen-bond donors (Lipinski definition) is 2. The van der Waals surface area contributed by atoms with Crippen molar-refractivity contribution >= 4 is 17.3 Å². The Hall–Kier alpha value is -0.940. The molecule has 2 rings (SSSR count). The van der Waals surface area contributed by atoms with E-state index in [0.29, 0.717) is 6.04 Å². The minimum atomic E-state index is -0.637. The number of aryl methyl sites for hydroxylation is 1. The average Bonchev–Trinajstić information content (AvgIpc) is 2.85. The van der Waals surface area contributed by atoms with Gasteiger partial charge in [0.15, 0.2) is 0 Å². The summed E-state index contributed by atoms with van der Waals surface area (Å²) in [6.07, 6.45) is 5.72. The highest BCUT2D eigenvalue weighted by atomic mass is 32.1. The lowest BCUT2D eigenvalue weighted by Gasteiger charge is -2.26. The molecule has 0 aromatic carbocycles. The fraction of sp³-hybridized carbons (Fsp3) is 0.714. The van der Waals surface area contributed by atoms with Crippen molar-refractivity contribution in [3.63, 3.8) is 0 Å². The van der Waals surface area contributed by atoms with Crippen LogP contribution in [0.15, 0.2) is 5.38 Å². The number of carboxylic acids is 1. The van der Waals surface area contributed by atoms with Crippen molar-refractivity contribution in [2.45, 2.75) is 58.0 Å². The molecule has 1 aliphatic rings. The first kappa shape index (κ1) is 14.5. The largest absolute Gasteiger partial charge is 0.481 e. The predicted molar refractivity (Wildman–Crippen MR) is 76.3 cm³/mol. The van der Waals surface area contributed by atoms with E-state index in [4.69, 9.17) is 5.11 Å². The number of aromatic nitrogens is 1. The minimum absolute atomic E-state index is 0.131. The van der Waals surface area contributed by atoms with E-state index < -0.39 is 5.97 Å². The summed E-state index contributed by atoms with van der Waals surface area (Å²) in [6.45, 7) is 2.98. The Balaban J connectivity index is 1.72. The third-order valence-electron chi connectivity index (χ3n) is 3.71. The van der Waals surface area contributed by atoms with E-state index >= 15 is 0 Å². The van der Waals surface area contributed by atoms with Crippen LogP contribution in [-0.2, 0) is 17.8 Å². The number of nitrogens with one attached hydrogen (secondary N) is 1. The summed E-state index contributed by atoms with van der Waals surface area (Å²) in [5, 5.41) is 15.8. The molecule has 0 bridgehead atoms. The highest BCUT2D eigenvalue weighted by Crippen LogP contribution is 2.24. The lowest BCUT2D eigenvalue weighted by atomic mass is 9.86. The molecule has 5 heteroatoms. The van der Waals surface area contributed by atoms with Gasteiger partial charge in [0.25, 0.3) is 0 Å². The SMILES string of the molecule is CCCc1nc(CNC2CCC(C(=O)O)CC2)cs1. The minimum Gasteiger partial charge on any atom is -0.481 e. The van der Waals surface area contributed by atoms with Crippen LogP contribution in [0.5, 0.6) is 0 Å². The maximum atomic E-state index is 10.9. The third-order valence-corrected chi connectivity index (χ3v) is 4.67. The molecular formula is C14H22N2O2S. The van der Waals surface area contributed by atoms with Crippen LogP contribution >= 0.6 is 11.3 Å². The van der Waals surface area contributed by atoms with Crippen LogP contribution < -0.4 is 5.32 Å². The molecule has 0 atom stereocenters. The summed E-state index contributed by atoms with van der Waals surface area (Å²) < 4.78 is 0. The molecule has 4 nitrogen and oxygen atoms in total. The second kappa shape index (κ2) is 7.01. The van der Waals surface area contributed by atoms with E-state index in [2.05, 4.69) is 22.6 Å². The lowest BCUT2D eigenvalue weighted by Crippen LogP contribution is -2.34. The summed E-state index contributed by atoms with van der Waals surface area (Å²) in [5.41, 5.74) is 1.12. The molecular weight excluding hydrogens is 260 g/mol. The van der Waals surface area contributed by atoms with Gasteiger partial charge in [-0.3, -0.25) is 4.79 Å². The van der Waals surface area contributed by atoms with E-state index in [9.17, 15) is 4.79 Å². The average molecular weight is 282 g/mol. The summed E-state index contributed by atoms with van der Waals surface area (Å²) in [4.78, 5) is 15.5. The Labute approximate surface area is 118 Å². The van der Waals surface area contributed by atoms with E-state index in [-0.39, 0.29) is 5.92 Å². The first-order chi connectivity index (χ1) is 9.19. The molecule has 0 radical (unpaired) electrons. The number of thiazole rings is 1. The highest BCUT2D eigenvalue weighted by molar-refractivity contribution is 7.09. The van der Waals surface area contributed by atoms with Crippen LogP contribution in [0.4, 0.5) is 0 Å². The molecule has 0 saturated heterocycles. The van der Waals surface area contributed by atoms with Gasteiger partial charge in [-0.1, -0.05) is 6.92 Å². The van der Waals surface area contributed by atoms with Crippen LogP contribution in [-0.4, -0.2) is 22.1 Å². The maximum Gasteiger partial charge on any atom is 0.306 e. The van der Waals surface area contributed by atoms with Gasteiger partial charge in [-0.15, -0.1) is 11.3 Å². The molecule has 0 spiro atoms. The molecule has 0 aliphatic heterocycles. The van der Waals surface area contributed by atoms with Crippen molar-refractivity contribution in [3.05, 3.63) is 16.1 Å². The van der Waals surface area contributed by atoms with Gasteiger partial charge in [0, 0.05) is 18.0 Å². The fourth-order valence-corrected chi connectivity index (χ4v) is 3.45. The molecule has 2 N–H and O–H groups in total. The number of carbonyl (C=O) groups is 1. The van der Waals surface area contributed by atoms with Crippen LogP contribution in [0.1, 0.15) is 49.7 Å². The quantitative estimate of drug-likeness (QED) is 0.842. The Morgan fingerprint density at radius 2 is 2.21 bits per heavy atom. The van der Waals surface area contributed by atoms with Gasteiger partial charge in [0.1, 0.15) is 0 Å². The summed E-state index contributed by atoms with van der Waals surface area (Å²) in [6, 6.07) is 0.451. The number of hydrogen-bond acceptors (Lipinski definition) is 4. The molecule has 1 heterocycles. The van der Waals surface area contributed by atoms with Gasteiger partial charge in [0.05, 0.1) is 16.6 Å². The van der Waals surface area contributed by atoms with Crippen molar-refractivity contribution < 1.29 is 9.90 Å². The molecule has 19 heavy (non-hydrogen) atoms. The first-order valence-electron chi connectivity index (χ1n) is 7.08. The van der Waals surface area contributed by atoms with E-state index in [1.54, 1.807) is 11.3 Å². The van der Waals surface area contributed by atoms with Crippen LogP contribution in [0, 0.1) is 5.92 Å². The van der Waals surface area contributed by atoms with Crippen LogP contribution in [0.2, 0.25) is 0 Å². The fourth-order valence-electron chi connectivity index (χ4n) is 2.55. The molecule has 1 aliphatic carbocycles. The van der Waals surface area contributed by atoms with Gasteiger partial charge in [0.2, 0.25) is 0 Å². The maximum absolute atomic E-state index is 10.9. The molecule has 0 amide bonds. The van der Waals surface area contributed by atoms with Crippen molar-refractivity contribution in [3.8, 4) is 0 Å². The van der Waals surface area contributed by atoms with Crippen molar-refractivity contribution in [2.75, 3.05) is 0 Å². The zero-order chi connectivity index (χ0) is 13.7. The Morgan fingerprint density at radius 3 is 2.84 bits per heavy atom. The third kappa shape index (κ3) is 4.28. The zero-order valence-electron chi connectivity index (χ0n) is 11.4. The van der Waals surface area contributed by atoms with Crippen LogP contribution in [0.3, 0.4) is 0 Å². The monoisotopic (exact) mass is 282 g/mol. The van der Waals surface area contributed by atoms with Gasteiger partial charge < -0.3 is 10.4 Å². The second-order valence-electron chi connectivity index (χ2n) is 5.25. The first-order valence-corrected chi connectivity index (χ1v) is 7.96.